The molecule has 2 N–H and O–H groups in total. The molecule has 3 aromatic rings. The molecule has 0 aliphatic heterocycles. The number of nitrogens with one attached hydrogen (secondary N) is 2. The van der Waals surface area contributed by atoms with Crippen LogP contribution >= 0.6 is 11.8 Å². The summed E-state index contributed by atoms with van der Waals surface area (Å²) in [6.45, 7) is 0.420. The maximum atomic E-state index is 12.5. The number of benzene rings is 1. The van der Waals surface area contributed by atoms with Crippen LogP contribution in [0.3, 0.4) is 0 Å². The van der Waals surface area contributed by atoms with Gasteiger partial charge in [-0.05, 0) is 42.4 Å². The number of aromatic nitrogens is 3. The largest absolute Gasteiger partial charge is 0.352 e. The molecule has 0 spiro atoms. The Morgan fingerprint density at radius 1 is 1.24 bits per heavy atom. The molecule has 0 saturated carbocycles. The number of carbonyl (C=O) groups excluding carboxylic acids is 1. The molecule has 8 heteroatoms. The maximum absolute atomic E-state index is 12.5. The average Bonchev–Trinajstić information content (AvgIpc) is 3.01. The fraction of sp³-hybridized carbons (Fsp3) is 0.235. The van der Waals surface area contributed by atoms with Gasteiger partial charge in [0.2, 0.25) is 0 Å². The second-order valence-corrected chi connectivity index (χ2v) is 6.27. The average molecular weight is 362 g/mol. The molecule has 0 aliphatic carbocycles. The van der Waals surface area contributed by atoms with Gasteiger partial charge in [0.1, 0.15) is 10.9 Å². The third-order valence-electron chi connectivity index (χ3n) is 3.53. The molecule has 2 heterocycles. The van der Waals surface area contributed by atoms with Gasteiger partial charge in [-0.3, -0.25) is 4.79 Å². The van der Waals surface area contributed by atoms with E-state index in [-0.39, 0.29) is 22.4 Å². The van der Waals surface area contributed by atoms with Crippen molar-refractivity contribution < 1.29 is 13.6 Å². The zero-order valence-corrected chi connectivity index (χ0v) is 14.0. The van der Waals surface area contributed by atoms with Gasteiger partial charge in [-0.2, -0.15) is 8.78 Å². The highest BCUT2D eigenvalue weighted by Crippen LogP contribution is 2.26. The van der Waals surface area contributed by atoms with Gasteiger partial charge < -0.3 is 10.3 Å². The maximum Gasteiger partial charge on any atom is 0.290 e. The van der Waals surface area contributed by atoms with Crippen molar-refractivity contribution in [3.05, 3.63) is 54.0 Å². The molecule has 0 unspecified atom stereocenters. The van der Waals surface area contributed by atoms with E-state index in [1.54, 1.807) is 6.07 Å². The normalized spacial score (nSPS) is 11.2. The van der Waals surface area contributed by atoms with Crippen molar-refractivity contribution in [2.45, 2.75) is 23.6 Å². The Labute approximate surface area is 147 Å². The Bertz CT molecular complexity index is 835. The second-order valence-electron chi connectivity index (χ2n) is 5.29. The van der Waals surface area contributed by atoms with Crippen molar-refractivity contribution in [1.82, 2.24) is 20.3 Å². The predicted molar refractivity (Wildman–Crippen MR) is 92.8 cm³/mol. The molecule has 0 saturated heterocycles. The minimum atomic E-state index is -2.62. The molecule has 3 rings (SSSR count). The van der Waals surface area contributed by atoms with Gasteiger partial charge in [-0.1, -0.05) is 12.1 Å². The number of carbonyl (C=O) groups is 1. The van der Waals surface area contributed by atoms with Crippen LogP contribution in [0.15, 0.2) is 47.6 Å². The zero-order chi connectivity index (χ0) is 17.6. The number of pyridine rings is 1. The van der Waals surface area contributed by atoms with Crippen molar-refractivity contribution in [3.8, 4) is 0 Å². The van der Waals surface area contributed by atoms with Gasteiger partial charge >= 0.3 is 0 Å². The van der Waals surface area contributed by atoms with Crippen molar-refractivity contribution >= 4 is 28.7 Å². The first-order valence-corrected chi connectivity index (χ1v) is 8.63. The summed E-state index contributed by atoms with van der Waals surface area (Å²) in [5, 5.41) is 2.77. The SMILES string of the molecule is O=C(NCCCc1nc2ccccc2[nH]1)c1cccnc1SC(F)F. The van der Waals surface area contributed by atoms with Crippen LogP contribution in [0.4, 0.5) is 8.78 Å². The quantitative estimate of drug-likeness (QED) is 0.497. The van der Waals surface area contributed by atoms with Crippen LogP contribution in [-0.4, -0.2) is 33.2 Å². The molecule has 2 aromatic heterocycles. The fourth-order valence-corrected chi connectivity index (χ4v) is 3.00. The van der Waals surface area contributed by atoms with E-state index < -0.39 is 11.7 Å². The molecule has 0 radical (unpaired) electrons. The smallest absolute Gasteiger partial charge is 0.290 e. The molecule has 1 aromatic carbocycles. The number of thioether (sulfide) groups is 1. The van der Waals surface area contributed by atoms with Gasteiger partial charge in [-0.25, -0.2) is 9.97 Å². The summed E-state index contributed by atoms with van der Waals surface area (Å²) >= 11 is 0.272. The van der Waals surface area contributed by atoms with E-state index in [2.05, 4.69) is 20.3 Å². The Balaban J connectivity index is 1.53. The van der Waals surface area contributed by atoms with E-state index >= 15 is 0 Å². The second kappa shape index (κ2) is 8.06. The number of para-hydroxylation sites is 2. The van der Waals surface area contributed by atoms with E-state index in [9.17, 15) is 13.6 Å². The number of rotatable bonds is 7. The highest BCUT2D eigenvalue weighted by atomic mass is 32.2. The van der Waals surface area contributed by atoms with E-state index in [1.165, 1.54) is 12.3 Å². The molecule has 0 fully saturated rings. The number of alkyl halides is 2. The van der Waals surface area contributed by atoms with Gasteiger partial charge in [0, 0.05) is 19.2 Å². The van der Waals surface area contributed by atoms with Crippen LogP contribution in [0.1, 0.15) is 22.6 Å². The lowest BCUT2D eigenvalue weighted by molar-refractivity contribution is 0.0949. The monoisotopic (exact) mass is 362 g/mol. The number of nitrogens with zero attached hydrogens (tertiary/aromatic N) is 2. The summed E-state index contributed by atoms with van der Waals surface area (Å²) in [6.07, 6.45) is 2.76. The summed E-state index contributed by atoms with van der Waals surface area (Å²) in [6, 6.07) is 10.8. The van der Waals surface area contributed by atoms with E-state index in [0.717, 1.165) is 16.9 Å². The highest BCUT2D eigenvalue weighted by Gasteiger charge is 2.16. The number of H-pyrrole nitrogens is 1. The molecular formula is C17H16F2N4OS. The first-order valence-electron chi connectivity index (χ1n) is 7.75. The van der Waals surface area contributed by atoms with Crippen molar-refractivity contribution in [2.75, 3.05) is 6.54 Å². The van der Waals surface area contributed by atoms with Crippen LogP contribution in [0.25, 0.3) is 11.0 Å². The van der Waals surface area contributed by atoms with Crippen LogP contribution in [0, 0.1) is 0 Å². The molecule has 1 amide bonds. The number of aryl methyl sites for hydroxylation is 1. The Morgan fingerprint density at radius 3 is 2.88 bits per heavy atom. The van der Waals surface area contributed by atoms with Gasteiger partial charge in [-0.15, -0.1) is 0 Å². The first kappa shape index (κ1) is 17.3. The minimum Gasteiger partial charge on any atom is -0.352 e. The fourth-order valence-electron chi connectivity index (χ4n) is 2.42. The molecule has 5 nitrogen and oxygen atoms in total. The Morgan fingerprint density at radius 2 is 2.08 bits per heavy atom. The van der Waals surface area contributed by atoms with Crippen molar-refractivity contribution in [1.29, 1.82) is 0 Å². The minimum absolute atomic E-state index is 0.0345. The molecule has 0 atom stereocenters. The predicted octanol–water partition coefficient (Wildman–Crippen LogP) is 3.64. The van der Waals surface area contributed by atoms with Gasteiger partial charge in [0.15, 0.2) is 0 Å². The van der Waals surface area contributed by atoms with Crippen LogP contribution in [0.2, 0.25) is 0 Å². The first-order chi connectivity index (χ1) is 12.1. The number of amides is 1. The molecule has 25 heavy (non-hydrogen) atoms. The summed E-state index contributed by atoms with van der Waals surface area (Å²) in [5.41, 5.74) is 2.05. The summed E-state index contributed by atoms with van der Waals surface area (Å²) < 4.78 is 25.1. The lowest BCUT2D eigenvalue weighted by atomic mass is 10.2. The van der Waals surface area contributed by atoms with Crippen molar-refractivity contribution in [2.24, 2.45) is 0 Å². The molecule has 0 bridgehead atoms. The van der Waals surface area contributed by atoms with Crippen LogP contribution in [0.5, 0.6) is 0 Å². The molecule has 0 aliphatic rings. The number of imidazole rings is 1. The summed E-state index contributed by atoms with van der Waals surface area (Å²) in [5.74, 6) is -2.17. The number of hydrogen-bond donors (Lipinski definition) is 2. The number of fused-ring (bicyclic) bond motifs is 1. The van der Waals surface area contributed by atoms with E-state index in [4.69, 9.17) is 0 Å². The van der Waals surface area contributed by atoms with E-state index in [0.29, 0.717) is 19.4 Å². The Hall–Kier alpha value is -2.48. The lowest BCUT2D eigenvalue weighted by Crippen LogP contribution is -2.25. The van der Waals surface area contributed by atoms with Gasteiger partial charge in [0.25, 0.3) is 11.7 Å². The molecular weight excluding hydrogens is 346 g/mol. The third-order valence-corrected chi connectivity index (χ3v) is 4.26. The molecule has 130 valence electrons. The number of aromatic amines is 1. The highest BCUT2D eigenvalue weighted by molar-refractivity contribution is 7.99. The third kappa shape index (κ3) is 4.54. The topological polar surface area (TPSA) is 70.7 Å². The zero-order valence-electron chi connectivity index (χ0n) is 13.2. The van der Waals surface area contributed by atoms with Crippen LogP contribution in [-0.2, 0) is 6.42 Å². The standard InChI is InChI=1S/C17H16F2N4OS/c18-17(19)25-16-11(5-3-10-21-16)15(24)20-9-4-8-14-22-12-6-1-2-7-13(12)23-14/h1-3,5-7,10,17H,4,8-9H2,(H,20,24)(H,22,23). The van der Waals surface area contributed by atoms with Gasteiger partial charge in [0.05, 0.1) is 16.6 Å². The number of hydrogen-bond acceptors (Lipinski definition) is 4. The lowest BCUT2D eigenvalue weighted by Gasteiger charge is -2.08. The Kier molecular flexibility index (Phi) is 5.60. The summed E-state index contributed by atoms with van der Waals surface area (Å²) in [4.78, 5) is 23.7. The van der Waals surface area contributed by atoms with Crippen LogP contribution < -0.4 is 5.32 Å². The number of halogens is 2. The van der Waals surface area contributed by atoms with Crippen molar-refractivity contribution in [3.63, 3.8) is 0 Å². The van der Waals surface area contributed by atoms with E-state index in [1.807, 2.05) is 24.3 Å². The summed E-state index contributed by atoms with van der Waals surface area (Å²) in [7, 11) is 0.